The van der Waals surface area contributed by atoms with Gasteiger partial charge in [0.25, 0.3) is 0 Å². The highest BCUT2D eigenvalue weighted by molar-refractivity contribution is 7.91. The first-order valence-electron chi connectivity index (χ1n) is 8.71. The van der Waals surface area contributed by atoms with Gasteiger partial charge in [-0.25, -0.2) is 13.2 Å². The Labute approximate surface area is 163 Å². The monoisotopic (exact) mass is 406 g/mol. The van der Waals surface area contributed by atoms with Crippen LogP contribution in [0, 0.1) is 0 Å². The molecule has 6 nitrogen and oxygen atoms in total. The van der Waals surface area contributed by atoms with E-state index < -0.39 is 21.9 Å². The summed E-state index contributed by atoms with van der Waals surface area (Å²) >= 11 is 6.30. The van der Waals surface area contributed by atoms with Crippen LogP contribution in [0.15, 0.2) is 48.5 Å². The number of rotatable bonds is 4. The molecule has 0 aliphatic carbocycles. The number of para-hydroxylation sites is 1. The van der Waals surface area contributed by atoms with E-state index in [1.807, 2.05) is 6.92 Å². The standard InChI is InChI=1S/C19H19ClN2O4S/c1-2-26-14-9-7-13(8-10-14)21-17-11-27(24,25)12-18(17)22(19(21)23)16-6-4-3-5-15(16)20/h3-10,17-18H,2,11-12H2,1H3/t17-,18-/m1/s1. The number of urea groups is 1. The van der Waals surface area contributed by atoms with Crippen molar-refractivity contribution in [3.63, 3.8) is 0 Å². The van der Waals surface area contributed by atoms with E-state index in [0.29, 0.717) is 28.8 Å². The quantitative estimate of drug-likeness (QED) is 0.730. The molecule has 0 saturated carbocycles. The zero-order valence-corrected chi connectivity index (χ0v) is 16.3. The third-order valence-corrected chi connectivity index (χ3v) is 6.93. The maximum absolute atomic E-state index is 13.3. The fourth-order valence-electron chi connectivity index (χ4n) is 3.80. The van der Waals surface area contributed by atoms with E-state index in [4.69, 9.17) is 16.3 Å². The van der Waals surface area contributed by atoms with E-state index >= 15 is 0 Å². The molecule has 0 bridgehead atoms. The van der Waals surface area contributed by atoms with Crippen LogP contribution >= 0.6 is 11.6 Å². The minimum atomic E-state index is -3.24. The minimum absolute atomic E-state index is 0.0580. The van der Waals surface area contributed by atoms with Gasteiger partial charge in [-0.05, 0) is 43.3 Å². The molecule has 2 fully saturated rings. The highest BCUT2D eigenvalue weighted by Crippen LogP contribution is 2.40. The van der Waals surface area contributed by atoms with Crippen LogP contribution in [0.5, 0.6) is 5.75 Å². The number of hydrogen-bond acceptors (Lipinski definition) is 4. The predicted molar refractivity (Wildman–Crippen MR) is 106 cm³/mol. The molecule has 142 valence electrons. The van der Waals surface area contributed by atoms with E-state index in [9.17, 15) is 13.2 Å². The van der Waals surface area contributed by atoms with Crippen molar-refractivity contribution in [2.45, 2.75) is 19.0 Å². The number of benzene rings is 2. The Morgan fingerprint density at radius 3 is 2.30 bits per heavy atom. The van der Waals surface area contributed by atoms with Crippen molar-refractivity contribution in [1.29, 1.82) is 0 Å². The SMILES string of the molecule is CCOc1ccc(N2C(=O)N(c3ccccc3Cl)[C@@H]3CS(=O)(=O)C[C@H]32)cc1. The molecule has 2 aliphatic rings. The Morgan fingerprint density at radius 2 is 1.67 bits per heavy atom. The summed E-state index contributed by atoms with van der Waals surface area (Å²) in [6.45, 7) is 2.44. The van der Waals surface area contributed by atoms with Crippen molar-refractivity contribution >= 4 is 38.8 Å². The smallest absolute Gasteiger partial charge is 0.329 e. The van der Waals surface area contributed by atoms with E-state index in [-0.39, 0.29) is 17.5 Å². The third-order valence-electron chi connectivity index (χ3n) is 4.91. The Bertz CT molecular complexity index is 977. The van der Waals surface area contributed by atoms with Gasteiger partial charge in [-0.1, -0.05) is 23.7 Å². The summed E-state index contributed by atoms with van der Waals surface area (Å²) in [5, 5.41) is 0.419. The second-order valence-corrected chi connectivity index (χ2v) is 9.17. The molecule has 0 N–H and O–H groups in total. The van der Waals surface area contributed by atoms with Crippen molar-refractivity contribution < 1.29 is 17.9 Å². The van der Waals surface area contributed by atoms with Crippen LogP contribution in [-0.4, -0.2) is 44.6 Å². The molecule has 2 saturated heterocycles. The van der Waals surface area contributed by atoms with Crippen LogP contribution in [0.4, 0.5) is 16.2 Å². The van der Waals surface area contributed by atoms with Crippen molar-refractivity contribution in [2.24, 2.45) is 0 Å². The van der Waals surface area contributed by atoms with Gasteiger partial charge in [-0.2, -0.15) is 0 Å². The molecule has 27 heavy (non-hydrogen) atoms. The van der Waals surface area contributed by atoms with Crippen LogP contribution < -0.4 is 14.5 Å². The maximum atomic E-state index is 13.3. The van der Waals surface area contributed by atoms with Gasteiger partial charge in [0.15, 0.2) is 9.84 Å². The molecule has 0 radical (unpaired) electrons. The minimum Gasteiger partial charge on any atom is -0.494 e. The first kappa shape index (κ1) is 18.1. The molecule has 4 rings (SSSR count). The molecular weight excluding hydrogens is 388 g/mol. The van der Waals surface area contributed by atoms with E-state index in [0.717, 1.165) is 0 Å². The van der Waals surface area contributed by atoms with Crippen LogP contribution in [0.3, 0.4) is 0 Å². The lowest BCUT2D eigenvalue weighted by Gasteiger charge is -2.23. The second kappa shape index (κ2) is 6.73. The fourth-order valence-corrected chi connectivity index (χ4v) is 5.95. The number of sulfone groups is 1. The number of amides is 2. The van der Waals surface area contributed by atoms with E-state index in [1.54, 1.807) is 53.4 Å². The van der Waals surface area contributed by atoms with E-state index in [2.05, 4.69) is 0 Å². The number of hydrogen-bond donors (Lipinski definition) is 0. The van der Waals surface area contributed by atoms with Crippen LogP contribution in [-0.2, 0) is 9.84 Å². The Hall–Kier alpha value is -2.25. The topological polar surface area (TPSA) is 66.9 Å². The van der Waals surface area contributed by atoms with Crippen LogP contribution in [0.25, 0.3) is 0 Å². The Balaban J connectivity index is 1.76. The summed E-state index contributed by atoms with van der Waals surface area (Å²) in [5.41, 5.74) is 1.18. The third kappa shape index (κ3) is 3.15. The summed E-state index contributed by atoms with van der Waals surface area (Å²) in [5.74, 6) is 0.575. The van der Waals surface area contributed by atoms with Gasteiger partial charge in [0.1, 0.15) is 5.75 Å². The highest BCUT2D eigenvalue weighted by atomic mass is 35.5. The molecule has 2 aliphatic heterocycles. The largest absolute Gasteiger partial charge is 0.494 e. The van der Waals surface area contributed by atoms with Gasteiger partial charge in [-0.3, -0.25) is 9.80 Å². The number of fused-ring (bicyclic) bond motifs is 1. The zero-order valence-electron chi connectivity index (χ0n) is 14.7. The summed E-state index contributed by atoms with van der Waals surface area (Å²) in [6.07, 6.45) is 0. The summed E-state index contributed by atoms with van der Waals surface area (Å²) in [6, 6.07) is 12.9. The van der Waals surface area contributed by atoms with Crippen molar-refractivity contribution in [1.82, 2.24) is 0 Å². The molecular formula is C19H19ClN2O4S. The van der Waals surface area contributed by atoms with Gasteiger partial charge in [0.05, 0.1) is 40.9 Å². The lowest BCUT2D eigenvalue weighted by molar-refractivity contribution is 0.255. The van der Waals surface area contributed by atoms with E-state index in [1.165, 1.54) is 4.90 Å². The van der Waals surface area contributed by atoms with Gasteiger partial charge in [-0.15, -0.1) is 0 Å². The number of halogens is 1. The molecule has 2 aromatic rings. The highest BCUT2D eigenvalue weighted by Gasteiger charge is 2.54. The molecule has 2 amide bonds. The number of anilines is 2. The van der Waals surface area contributed by atoms with Gasteiger partial charge in [0, 0.05) is 5.69 Å². The molecule has 2 heterocycles. The number of carbonyl (C=O) groups is 1. The van der Waals surface area contributed by atoms with Gasteiger partial charge in [0.2, 0.25) is 0 Å². The lowest BCUT2D eigenvalue weighted by atomic mass is 10.1. The summed E-state index contributed by atoms with van der Waals surface area (Å²) < 4.78 is 30.1. The van der Waals surface area contributed by atoms with Gasteiger partial charge >= 0.3 is 6.03 Å². The molecule has 2 aromatic carbocycles. The molecule has 0 aromatic heterocycles. The average molecular weight is 407 g/mol. The maximum Gasteiger partial charge on any atom is 0.329 e. The average Bonchev–Trinajstić information content (AvgIpc) is 3.06. The van der Waals surface area contributed by atoms with Crippen LogP contribution in [0.2, 0.25) is 5.02 Å². The van der Waals surface area contributed by atoms with Crippen molar-refractivity contribution in [3.8, 4) is 5.75 Å². The Morgan fingerprint density at radius 1 is 1.04 bits per heavy atom. The molecule has 0 spiro atoms. The normalized spacial score (nSPS) is 23.6. The molecule has 2 atom stereocenters. The van der Waals surface area contributed by atoms with Crippen molar-refractivity contribution in [2.75, 3.05) is 27.9 Å². The molecule has 0 unspecified atom stereocenters. The number of ether oxygens (including phenoxy) is 1. The second-order valence-electron chi connectivity index (χ2n) is 6.61. The Kier molecular flexibility index (Phi) is 4.52. The zero-order chi connectivity index (χ0) is 19.2. The van der Waals surface area contributed by atoms with Crippen LogP contribution in [0.1, 0.15) is 6.92 Å². The fraction of sp³-hybridized carbons (Fsp3) is 0.316. The summed E-state index contributed by atoms with van der Waals surface area (Å²) in [4.78, 5) is 16.3. The predicted octanol–water partition coefficient (Wildman–Crippen LogP) is 3.35. The first-order chi connectivity index (χ1) is 12.9. The van der Waals surface area contributed by atoms with Gasteiger partial charge < -0.3 is 4.74 Å². The summed E-state index contributed by atoms with van der Waals surface area (Å²) in [7, 11) is -3.24. The van der Waals surface area contributed by atoms with Crippen molar-refractivity contribution in [3.05, 3.63) is 53.6 Å². The number of nitrogens with zero attached hydrogens (tertiary/aromatic N) is 2. The first-order valence-corrected chi connectivity index (χ1v) is 10.9. The molecule has 8 heteroatoms. The lowest BCUT2D eigenvalue weighted by Crippen LogP contribution is -2.38. The number of carbonyl (C=O) groups excluding carboxylic acids is 1.